The number of carbonyl (C=O) groups is 1. The Morgan fingerprint density at radius 3 is 2.76 bits per heavy atom. The fourth-order valence-corrected chi connectivity index (χ4v) is 4.92. The molecule has 1 atom stereocenters. The number of allylic oxidation sites excluding steroid dienone is 1. The Bertz CT molecular complexity index is 1300. The number of aromatic hydroxyl groups is 1. The van der Waals surface area contributed by atoms with Crippen LogP contribution in [0.15, 0.2) is 69.8 Å². The number of anilines is 1. The summed E-state index contributed by atoms with van der Waals surface area (Å²) < 4.78 is 5.26. The molecular weight excluding hydrogens is 462 g/mol. The first-order chi connectivity index (χ1) is 15.9. The van der Waals surface area contributed by atoms with Gasteiger partial charge in [-0.1, -0.05) is 53.7 Å². The van der Waals surface area contributed by atoms with E-state index in [0.29, 0.717) is 38.6 Å². The van der Waals surface area contributed by atoms with Crippen molar-refractivity contribution in [3.05, 3.63) is 91.9 Å². The molecule has 170 valence electrons. The van der Waals surface area contributed by atoms with E-state index < -0.39 is 11.9 Å². The minimum absolute atomic E-state index is 0.0322. The van der Waals surface area contributed by atoms with Gasteiger partial charge in [0.1, 0.15) is 11.6 Å². The number of halogens is 1. The molecule has 0 fully saturated rings. The molecule has 2 heterocycles. The molecule has 2 aromatic carbocycles. The van der Waals surface area contributed by atoms with Crippen LogP contribution in [0.25, 0.3) is 0 Å². The number of carbonyl (C=O) groups excluding carboxylic acids is 1. The van der Waals surface area contributed by atoms with Crippen LogP contribution in [0.5, 0.6) is 5.75 Å². The second kappa shape index (κ2) is 9.72. The highest BCUT2D eigenvalue weighted by Gasteiger charge is 2.36. The maximum Gasteiger partial charge on any atom is 0.336 e. The van der Waals surface area contributed by atoms with Crippen molar-refractivity contribution in [3.8, 4) is 5.75 Å². The number of benzene rings is 2. The van der Waals surface area contributed by atoms with Gasteiger partial charge in [0.05, 0.1) is 23.7 Å². The number of hydrogen-bond donors (Lipinski definition) is 3. The van der Waals surface area contributed by atoms with E-state index in [0.717, 1.165) is 5.56 Å². The number of fused-ring (bicyclic) bond motifs is 1. The first kappa shape index (κ1) is 22.9. The van der Waals surface area contributed by atoms with Crippen LogP contribution in [0.3, 0.4) is 0 Å². The van der Waals surface area contributed by atoms with Crippen LogP contribution < -0.4 is 10.9 Å². The van der Waals surface area contributed by atoms with Crippen molar-refractivity contribution in [1.29, 1.82) is 0 Å². The normalized spacial score (nSPS) is 15.1. The molecule has 0 bridgehead atoms. The van der Waals surface area contributed by atoms with Gasteiger partial charge in [0.2, 0.25) is 0 Å². The number of aromatic amines is 1. The SMILES string of the molecule is CCOC(=O)C1=C(C)Nc2nc(SCc3ccccc3Cl)[nH]c(=O)c2C1c1cccc(O)c1. The monoisotopic (exact) mass is 483 g/mol. The maximum absolute atomic E-state index is 13.3. The van der Waals surface area contributed by atoms with Crippen molar-refractivity contribution >= 4 is 35.1 Å². The molecule has 0 saturated carbocycles. The summed E-state index contributed by atoms with van der Waals surface area (Å²) >= 11 is 7.59. The zero-order valence-electron chi connectivity index (χ0n) is 18.0. The highest BCUT2D eigenvalue weighted by atomic mass is 35.5. The van der Waals surface area contributed by atoms with Crippen molar-refractivity contribution in [3.63, 3.8) is 0 Å². The van der Waals surface area contributed by atoms with Gasteiger partial charge in [-0.3, -0.25) is 4.79 Å². The Labute approximate surface area is 199 Å². The topological polar surface area (TPSA) is 104 Å². The van der Waals surface area contributed by atoms with Gasteiger partial charge in [-0.25, -0.2) is 9.78 Å². The average molecular weight is 484 g/mol. The van der Waals surface area contributed by atoms with Crippen LogP contribution in [0.2, 0.25) is 5.02 Å². The van der Waals surface area contributed by atoms with Gasteiger partial charge in [-0.15, -0.1) is 0 Å². The Kier molecular flexibility index (Phi) is 6.76. The number of aromatic nitrogens is 2. The number of nitrogens with one attached hydrogen (secondary N) is 2. The van der Waals surface area contributed by atoms with Gasteiger partial charge >= 0.3 is 5.97 Å². The fourth-order valence-electron chi connectivity index (χ4n) is 3.78. The summed E-state index contributed by atoms with van der Waals surface area (Å²) in [5, 5.41) is 14.2. The van der Waals surface area contributed by atoms with Crippen LogP contribution >= 0.6 is 23.4 Å². The molecule has 1 aliphatic heterocycles. The summed E-state index contributed by atoms with van der Waals surface area (Å²) in [5.74, 6) is -0.353. The van der Waals surface area contributed by atoms with Crippen molar-refractivity contribution < 1.29 is 14.6 Å². The average Bonchev–Trinajstić information content (AvgIpc) is 2.77. The van der Waals surface area contributed by atoms with Crippen LogP contribution in [0.4, 0.5) is 5.82 Å². The molecule has 0 aliphatic carbocycles. The first-order valence-corrected chi connectivity index (χ1v) is 11.7. The maximum atomic E-state index is 13.3. The number of phenolic OH excluding ortho intramolecular Hbond substituents is 1. The number of esters is 1. The number of ether oxygens (including phenoxy) is 1. The van der Waals surface area contributed by atoms with Gasteiger partial charge in [0.15, 0.2) is 5.16 Å². The molecule has 4 rings (SSSR count). The Hall–Kier alpha value is -3.23. The molecule has 3 N–H and O–H groups in total. The minimum Gasteiger partial charge on any atom is -0.508 e. The summed E-state index contributed by atoms with van der Waals surface area (Å²) in [5.41, 5.74) is 2.26. The third-order valence-electron chi connectivity index (χ3n) is 5.24. The lowest BCUT2D eigenvalue weighted by atomic mass is 9.82. The zero-order chi connectivity index (χ0) is 23.5. The number of thioether (sulfide) groups is 1. The summed E-state index contributed by atoms with van der Waals surface area (Å²) in [6, 6.07) is 14.0. The number of hydrogen-bond acceptors (Lipinski definition) is 7. The van der Waals surface area contributed by atoms with E-state index in [2.05, 4.69) is 15.3 Å². The third kappa shape index (κ3) is 4.77. The molecule has 33 heavy (non-hydrogen) atoms. The molecule has 0 spiro atoms. The van der Waals surface area contributed by atoms with Crippen molar-refractivity contribution in [2.75, 3.05) is 11.9 Å². The lowest BCUT2D eigenvalue weighted by Gasteiger charge is -2.28. The molecule has 1 aromatic heterocycles. The summed E-state index contributed by atoms with van der Waals surface area (Å²) in [6.45, 7) is 3.66. The number of nitrogens with zero attached hydrogens (tertiary/aromatic N) is 1. The van der Waals surface area contributed by atoms with E-state index in [1.807, 2.05) is 24.3 Å². The second-order valence-corrected chi connectivity index (χ2v) is 8.80. The predicted molar refractivity (Wildman–Crippen MR) is 129 cm³/mol. The van der Waals surface area contributed by atoms with Crippen LogP contribution in [0, 0.1) is 0 Å². The fraction of sp³-hybridized carbons (Fsp3) is 0.208. The molecule has 0 saturated heterocycles. The first-order valence-electron chi connectivity index (χ1n) is 10.3. The zero-order valence-corrected chi connectivity index (χ0v) is 19.6. The predicted octanol–water partition coefficient (Wildman–Crippen LogP) is 4.82. The molecule has 7 nitrogen and oxygen atoms in total. The lowest BCUT2D eigenvalue weighted by molar-refractivity contribution is -0.138. The minimum atomic E-state index is -0.744. The van der Waals surface area contributed by atoms with Crippen molar-refractivity contribution in [1.82, 2.24) is 9.97 Å². The van der Waals surface area contributed by atoms with E-state index in [9.17, 15) is 14.7 Å². The third-order valence-corrected chi connectivity index (χ3v) is 6.53. The molecule has 9 heteroatoms. The van der Waals surface area contributed by atoms with Gasteiger partial charge in [0.25, 0.3) is 5.56 Å². The van der Waals surface area contributed by atoms with Crippen LogP contribution in [-0.2, 0) is 15.3 Å². The summed E-state index contributed by atoms with van der Waals surface area (Å²) in [7, 11) is 0. The second-order valence-electron chi connectivity index (χ2n) is 7.43. The van der Waals surface area contributed by atoms with Crippen molar-refractivity contribution in [2.24, 2.45) is 0 Å². The molecular formula is C24H22ClN3O4S. The van der Waals surface area contributed by atoms with E-state index >= 15 is 0 Å². The van der Waals surface area contributed by atoms with Crippen LogP contribution in [0.1, 0.15) is 36.5 Å². The Morgan fingerprint density at radius 1 is 1.24 bits per heavy atom. The Balaban J connectivity index is 1.77. The molecule has 1 unspecified atom stereocenters. The highest BCUT2D eigenvalue weighted by Crippen LogP contribution is 2.41. The van der Waals surface area contributed by atoms with Gasteiger partial charge in [0, 0.05) is 16.5 Å². The van der Waals surface area contributed by atoms with E-state index in [1.165, 1.54) is 23.9 Å². The lowest BCUT2D eigenvalue weighted by Crippen LogP contribution is -2.31. The van der Waals surface area contributed by atoms with Gasteiger partial charge in [-0.2, -0.15) is 0 Å². The van der Waals surface area contributed by atoms with Gasteiger partial charge in [-0.05, 0) is 43.2 Å². The number of phenols is 1. The van der Waals surface area contributed by atoms with Crippen molar-refractivity contribution in [2.45, 2.75) is 30.7 Å². The number of H-pyrrole nitrogens is 1. The van der Waals surface area contributed by atoms with E-state index in [-0.39, 0.29) is 23.5 Å². The Morgan fingerprint density at radius 2 is 2.03 bits per heavy atom. The molecule has 0 radical (unpaired) electrons. The summed E-state index contributed by atoms with van der Waals surface area (Å²) in [6.07, 6.45) is 0. The highest BCUT2D eigenvalue weighted by molar-refractivity contribution is 7.98. The quantitative estimate of drug-likeness (QED) is 0.262. The molecule has 1 aliphatic rings. The standard InChI is InChI=1S/C24H22ClN3O4S/c1-3-32-23(31)18-13(2)26-21-20(19(18)14-8-6-9-16(29)11-14)22(30)28-24(27-21)33-12-15-7-4-5-10-17(15)25/h4-11,19,29H,3,12H2,1-2H3,(H2,26,27,28,30). The summed E-state index contributed by atoms with van der Waals surface area (Å²) in [4.78, 5) is 33.5. The van der Waals surface area contributed by atoms with Gasteiger partial charge < -0.3 is 20.1 Å². The number of rotatable bonds is 6. The molecule has 3 aromatic rings. The molecule has 0 amide bonds. The van der Waals surface area contributed by atoms with Crippen LogP contribution in [-0.4, -0.2) is 27.7 Å². The van der Waals surface area contributed by atoms with E-state index in [1.54, 1.807) is 26.0 Å². The smallest absolute Gasteiger partial charge is 0.336 e. The largest absolute Gasteiger partial charge is 0.508 e. The van der Waals surface area contributed by atoms with E-state index in [4.69, 9.17) is 16.3 Å².